The second kappa shape index (κ2) is 14.5. The number of nitrogens with zero attached hydrogens (tertiary/aromatic N) is 3. The lowest BCUT2D eigenvalue weighted by molar-refractivity contribution is -0.147. The van der Waals surface area contributed by atoms with Crippen LogP contribution >= 0.6 is 0 Å². The summed E-state index contributed by atoms with van der Waals surface area (Å²) in [6, 6.07) is 13.3. The maximum atomic E-state index is 11.9. The number of pyridine rings is 1. The molecule has 11 nitrogen and oxygen atoms in total. The van der Waals surface area contributed by atoms with Crippen LogP contribution in [0, 0.1) is 0 Å². The number of ether oxygens (including phenoxy) is 4. The first-order chi connectivity index (χ1) is 17.3. The number of hydrogen-bond acceptors (Lipinski definition) is 11. The van der Waals surface area contributed by atoms with E-state index in [9.17, 15) is 19.2 Å². The van der Waals surface area contributed by atoms with Gasteiger partial charge >= 0.3 is 23.9 Å². The molecule has 0 saturated carbocycles. The van der Waals surface area contributed by atoms with Gasteiger partial charge in [-0.3, -0.25) is 34.0 Å². The van der Waals surface area contributed by atoms with E-state index in [1.54, 1.807) is 9.80 Å². The van der Waals surface area contributed by atoms with Gasteiger partial charge in [0.15, 0.2) is 0 Å². The molecule has 1 aromatic heterocycles. The molecule has 1 heterocycles. The van der Waals surface area contributed by atoms with Crippen LogP contribution in [0.1, 0.15) is 11.4 Å². The van der Waals surface area contributed by atoms with Gasteiger partial charge in [-0.1, -0.05) is 30.3 Å². The van der Waals surface area contributed by atoms with Crippen molar-refractivity contribution in [2.24, 2.45) is 0 Å². The molecule has 1 aromatic carbocycles. The largest absolute Gasteiger partial charge is 0.468 e. The fourth-order valence-electron chi connectivity index (χ4n) is 3.39. The number of carbonyl (C=O) groups excluding carboxylic acids is 4. The lowest BCUT2D eigenvalue weighted by atomic mass is 10.0. The number of esters is 4. The van der Waals surface area contributed by atoms with Gasteiger partial charge in [-0.2, -0.15) is 0 Å². The van der Waals surface area contributed by atoms with Gasteiger partial charge in [0.05, 0.1) is 66.0 Å². The van der Waals surface area contributed by atoms with Crippen LogP contribution in [0.4, 0.5) is 0 Å². The second-order valence-electron chi connectivity index (χ2n) is 7.80. The standard InChI is InChI=1S/C25H31N3O8/c1-33-22(29)14-27(15-23(30)34-2)12-20-10-19(18-8-6-5-7-9-18)11-21(26-20)13-28(16-24(31)35-3)17-25(32)36-4/h5-11H,12-17H2,1-4H3. The van der Waals surface area contributed by atoms with E-state index in [0.29, 0.717) is 11.4 Å². The minimum atomic E-state index is -0.513. The molecule has 0 saturated heterocycles. The first-order valence-corrected chi connectivity index (χ1v) is 11.0. The van der Waals surface area contributed by atoms with Gasteiger partial charge in [0.25, 0.3) is 0 Å². The molecule has 0 atom stereocenters. The number of aromatic nitrogens is 1. The van der Waals surface area contributed by atoms with E-state index in [4.69, 9.17) is 18.9 Å². The van der Waals surface area contributed by atoms with E-state index in [1.165, 1.54) is 28.4 Å². The zero-order valence-corrected chi connectivity index (χ0v) is 20.9. The Morgan fingerprint density at radius 3 is 1.31 bits per heavy atom. The lowest BCUT2D eigenvalue weighted by Crippen LogP contribution is -2.36. The SMILES string of the molecule is COC(=O)CN(CC(=O)OC)Cc1cc(-c2ccccc2)cc(CN(CC(=O)OC)CC(=O)OC)n1. The molecule has 11 heteroatoms. The number of carbonyl (C=O) groups is 4. The summed E-state index contributed by atoms with van der Waals surface area (Å²) < 4.78 is 19.0. The Bertz CT molecular complexity index is 949. The topological polar surface area (TPSA) is 125 Å². The van der Waals surface area contributed by atoms with Crippen molar-refractivity contribution in [1.29, 1.82) is 0 Å². The van der Waals surface area contributed by atoms with Gasteiger partial charge in [0.1, 0.15) is 0 Å². The fourth-order valence-corrected chi connectivity index (χ4v) is 3.39. The summed E-state index contributed by atoms with van der Waals surface area (Å²) in [4.78, 5) is 55.4. The van der Waals surface area contributed by atoms with Crippen molar-refractivity contribution in [3.05, 3.63) is 53.9 Å². The van der Waals surface area contributed by atoms with Crippen LogP contribution in [0.5, 0.6) is 0 Å². The van der Waals surface area contributed by atoms with Crippen molar-refractivity contribution in [3.8, 4) is 11.1 Å². The summed E-state index contributed by atoms with van der Waals surface area (Å²) in [6.07, 6.45) is 0. The third kappa shape index (κ3) is 9.43. The summed E-state index contributed by atoms with van der Waals surface area (Å²) in [6.45, 7) is -0.286. The van der Waals surface area contributed by atoms with Crippen molar-refractivity contribution < 1.29 is 38.1 Å². The van der Waals surface area contributed by atoms with E-state index in [2.05, 4.69) is 4.98 Å². The summed E-state index contributed by atoms with van der Waals surface area (Å²) in [5, 5.41) is 0. The van der Waals surface area contributed by atoms with Crippen LogP contribution in [-0.2, 0) is 51.2 Å². The maximum Gasteiger partial charge on any atom is 0.319 e. The average molecular weight is 502 g/mol. The summed E-state index contributed by atoms with van der Waals surface area (Å²) in [5.74, 6) is -2.05. The van der Waals surface area contributed by atoms with Crippen LogP contribution in [0.15, 0.2) is 42.5 Å². The monoisotopic (exact) mass is 501 g/mol. The normalized spacial score (nSPS) is 10.7. The Morgan fingerprint density at radius 1 is 0.611 bits per heavy atom. The quantitative estimate of drug-likeness (QED) is 0.289. The number of rotatable bonds is 13. The zero-order chi connectivity index (χ0) is 26.5. The molecule has 0 unspecified atom stereocenters. The Kier molecular flexibility index (Phi) is 11.5. The van der Waals surface area contributed by atoms with Gasteiger partial charge in [-0.25, -0.2) is 0 Å². The summed E-state index contributed by atoms with van der Waals surface area (Å²) in [5.41, 5.74) is 2.88. The third-order valence-electron chi connectivity index (χ3n) is 5.13. The molecular formula is C25H31N3O8. The lowest BCUT2D eigenvalue weighted by Gasteiger charge is -2.22. The molecule has 0 spiro atoms. The third-order valence-corrected chi connectivity index (χ3v) is 5.13. The van der Waals surface area contributed by atoms with Gasteiger partial charge in [0.2, 0.25) is 0 Å². The highest BCUT2D eigenvalue weighted by molar-refractivity contribution is 5.75. The molecule has 0 fully saturated rings. The summed E-state index contributed by atoms with van der Waals surface area (Å²) >= 11 is 0. The van der Waals surface area contributed by atoms with Crippen molar-refractivity contribution in [3.63, 3.8) is 0 Å². The minimum absolute atomic E-state index is 0.144. The first-order valence-electron chi connectivity index (χ1n) is 11.0. The molecule has 0 amide bonds. The van der Waals surface area contributed by atoms with E-state index >= 15 is 0 Å². The second-order valence-corrected chi connectivity index (χ2v) is 7.80. The number of methoxy groups -OCH3 is 4. The minimum Gasteiger partial charge on any atom is -0.468 e. The van der Waals surface area contributed by atoms with E-state index in [-0.39, 0.29) is 39.3 Å². The van der Waals surface area contributed by atoms with E-state index < -0.39 is 23.9 Å². The first kappa shape index (κ1) is 28.4. The van der Waals surface area contributed by atoms with E-state index in [0.717, 1.165) is 11.1 Å². The highest BCUT2D eigenvalue weighted by Gasteiger charge is 2.20. The number of benzene rings is 1. The number of hydrogen-bond donors (Lipinski definition) is 0. The van der Waals surface area contributed by atoms with Crippen LogP contribution in [0.25, 0.3) is 11.1 Å². The highest BCUT2D eigenvalue weighted by atomic mass is 16.5. The molecule has 2 rings (SSSR count). The van der Waals surface area contributed by atoms with Crippen molar-refractivity contribution in [1.82, 2.24) is 14.8 Å². The molecule has 0 aliphatic rings. The average Bonchev–Trinajstić information content (AvgIpc) is 2.88. The predicted octanol–water partition coefficient (Wildman–Crippen LogP) is 1.04. The molecule has 194 valence electrons. The zero-order valence-electron chi connectivity index (χ0n) is 20.9. The van der Waals surface area contributed by atoms with Crippen LogP contribution < -0.4 is 0 Å². The van der Waals surface area contributed by atoms with Crippen molar-refractivity contribution in [2.75, 3.05) is 54.6 Å². The Morgan fingerprint density at radius 2 is 0.972 bits per heavy atom. The molecule has 2 aromatic rings. The maximum absolute atomic E-state index is 11.9. The molecule has 0 bridgehead atoms. The van der Waals surface area contributed by atoms with Crippen LogP contribution in [0.2, 0.25) is 0 Å². The van der Waals surface area contributed by atoms with Crippen LogP contribution in [-0.4, -0.2) is 93.3 Å². The van der Waals surface area contributed by atoms with Gasteiger partial charge in [-0.15, -0.1) is 0 Å². The molecule has 36 heavy (non-hydrogen) atoms. The molecule has 0 aliphatic carbocycles. The summed E-state index contributed by atoms with van der Waals surface area (Å²) in [7, 11) is 5.06. The van der Waals surface area contributed by atoms with Crippen molar-refractivity contribution in [2.45, 2.75) is 13.1 Å². The van der Waals surface area contributed by atoms with E-state index in [1.807, 2.05) is 42.5 Å². The predicted molar refractivity (Wildman–Crippen MR) is 128 cm³/mol. The van der Waals surface area contributed by atoms with Gasteiger partial charge in [-0.05, 0) is 23.3 Å². The highest BCUT2D eigenvalue weighted by Crippen LogP contribution is 2.22. The van der Waals surface area contributed by atoms with Crippen LogP contribution in [0.3, 0.4) is 0 Å². The van der Waals surface area contributed by atoms with Gasteiger partial charge in [0, 0.05) is 13.1 Å². The molecule has 0 aliphatic heterocycles. The smallest absolute Gasteiger partial charge is 0.319 e. The molecule has 0 N–H and O–H groups in total. The van der Waals surface area contributed by atoms with Gasteiger partial charge < -0.3 is 18.9 Å². The Hall–Kier alpha value is -3.83. The van der Waals surface area contributed by atoms with Crippen molar-refractivity contribution >= 4 is 23.9 Å². The molecular weight excluding hydrogens is 470 g/mol. The molecule has 0 radical (unpaired) electrons. The fraction of sp³-hybridized carbons (Fsp3) is 0.400. The Balaban J connectivity index is 2.43. The Labute approximate surface area is 209 Å².